The Morgan fingerprint density at radius 1 is 1.25 bits per heavy atom. The van der Waals surface area contributed by atoms with Crippen LogP contribution in [0.4, 0.5) is 0 Å². The third kappa shape index (κ3) is 2.54. The third-order valence-electron chi connectivity index (χ3n) is 3.46. The summed E-state index contributed by atoms with van der Waals surface area (Å²) >= 11 is 1.84. The Morgan fingerprint density at radius 2 is 1.94 bits per heavy atom. The van der Waals surface area contributed by atoms with Crippen LogP contribution in [0.1, 0.15) is 33.1 Å². The molecule has 1 saturated heterocycles. The van der Waals surface area contributed by atoms with Crippen molar-refractivity contribution in [2.45, 2.75) is 33.1 Å². The fourth-order valence-corrected chi connectivity index (χ4v) is 3.14. The second kappa shape index (κ2) is 5.13. The fourth-order valence-electron chi connectivity index (χ4n) is 2.17. The Kier molecular flexibility index (Phi) is 3.79. The first kappa shape index (κ1) is 11.8. The first-order valence-corrected chi connectivity index (χ1v) is 7.00. The molecule has 0 spiro atoms. The van der Waals surface area contributed by atoms with Gasteiger partial charge in [-0.15, -0.1) is 11.8 Å². The minimum Gasteiger partial charge on any atom is -0.356 e. The van der Waals surface area contributed by atoms with E-state index in [1.54, 1.807) is 0 Å². The van der Waals surface area contributed by atoms with Crippen molar-refractivity contribution in [2.75, 3.05) is 25.5 Å². The van der Waals surface area contributed by atoms with E-state index < -0.39 is 0 Å². The fraction of sp³-hybridized carbons (Fsp3) is 0.750. The quantitative estimate of drug-likeness (QED) is 0.739. The average molecular weight is 240 g/mol. The normalized spacial score (nSPS) is 21.9. The molecule has 16 heavy (non-hydrogen) atoms. The van der Waals surface area contributed by atoms with E-state index in [4.69, 9.17) is 0 Å². The van der Waals surface area contributed by atoms with Crippen molar-refractivity contribution in [3.8, 4) is 0 Å². The first-order chi connectivity index (χ1) is 7.68. The molecule has 90 valence electrons. The summed E-state index contributed by atoms with van der Waals surface area (Å²) in [6.07, 6.45) is 3.63. The topological polar surface area (TPSA) is 23.6 Å². The van der Waals surface area contributed by atoms with Gasteiger partial charge in [0.05, 0.1) is 12.4 Å². The van der Waals surface area contributed by atoms with Crippen molar-refractivity contribution in [3.63, 3.8) is 0 Å². The van der Waals surface area contributed by atoms with Crippen molar-refractivity contribution in [2.24, 2.45) is 0 Å². The molecule has 0 bridgehead atoms. The first-order valence-electron chi connectivity index (χ1n) is 6.01. The molecule has 0 saturated carbocycles. The molecule has 0 radical (unpaired) electrons. The van der Waals surface area contributed by atoms with Gasteiger partial charge in [0, 0.05) is 23.7 Å². The Morgan fingerprint density at radius 3 is 2.50 bits per heavy atom. The van der Waals surface area contributed by atoms with Crippen LogP contribution >= 0.6 is 11.8 Å². The molecule has 0 aliphatic carbocycles. The van der Waals surface area contributed by atoms with Crippen LogP contribution in [-0.4, -0.2) is 41.2 Å². The summed E-state index contributed by atoms with van der Waals surface area (Å²) in [5.74, 6) is 1.24. The van der Waals surface area contributed by atoms with E-state index in [9.17, 15) is 4.79 Å². The van der Waals surface area contributed by atoms with Crippen molar-refractivity contribution < 1.29 is 4.79 Å². The monoisotopic (exact) mass is 240 g/mol. The number of hydrogen-bond donors (Lipinski definition) is 0. The summed E-state index contributed by atoms with van der Waals surface area (Å²) in [5.41, 5.74) is 1.27. The number of piperidine rings is 1. The van der Waals surface area contributed by atoms with Gasteiger partial charge >= 0.3 is 0 Å². The van der Waals surface area contributed by atoms with Gasteiger partial charge in [0.25, 0.3) is 0 Å². The van der Waals surface area contributed by atoms with Gasteiger partial charge in [0.2, 0.25) is 5.91 Å². The Balaban J connectivity index is 1.87. The van der Waals surface area contributed by atoms with Crippen molar-refractivity contribution in [1.82, 2.24) is 9.80 Å². The van der Waals surface area contributed by atoms with Crippen LogP contribution in [0.15, 0.2) is 10.6 Å². The van der Waals surface area contributed by atoms with Gasteiger partial charge in [-0.05, 0) is 33.1 Å². The lowest BCUT2D eigenvalue weighted by atomic mass is 10.1. The van der Waals surface area contributed by atoms with E-state index in [-0.39, 0.29) is 0 Å². The number of carbonyl (C=O) groups is 1. The maximum Gasteiger partial charge on any atom is 0.242 e. The molecule has 2 aliphatic rings. The van der Waals surface area contributed by atoms with Crippen molar-refractivity contribution >= 4 is 17.7 Å². The molecular formula is C12H20N2OS. The smallest absolute Gasteiger partial charge is 0.242 e. The molecule has 0 aromatic rings. The SMILES string of the molecule is CC1=C(C)N(CC(=O)N2CCCCC2)CS1. The highest BCUT2D eigenvalue weighted by molar-refractivity contribution is 8.03. The van der Waals surface area contributed by atoms with E-state index in [0.717, 1.165) is 19.0 Å². The van der Waals surface area contributed by atoms with Gasteiger partial charge in [0.1, 0.15) is 0 Å². The summed E-state index contributed by atoms with van der Waals surface area (Å²) in [6.45, 7) is 6.73. The molecule has 2 heterocycles. The van der Waals surface area contributed by atoms with E-state index >= 15 is 0 Å². The Hall–Kier alpha value is -0.640. The molecule has 1 amide bonds. The van der Waals surface area contributed by atoms with E-state index in [2.05, 4.69) is 18.7 Å². The molecule has 0 aromatic carbocycles. The third-order valence-corrected chi connectivity index (χ3v) is 4.62. The van der Waals surface area contributed by atoms with Crippen molar-refractivity contribution in [1.29, 1.82) is 0 Å². The van der Waals surface area contributed by atoms with Crippen LogP contribution < -0.4 is 0 Å². The second-order valence-corrected chi connectivity index (χ2v) is 5.71. The van der Waals surface area contributed by atoms with Crippen LogP contribution in [0.2, 0.25) is 0 Å². The summed E-state index contributed by atoms with van der Waals surface area (Å²) in [5, 5.41) is 0. The highest BCUT2D eigenvalue weighted by atomic mass is 32.2. The largest absolute Gasteiger partial charge is 0.356 e. The number of thioether (sulfide) groups is 1. The standard InChI is InChI=1S/C12H20N2OS/c1-10-11(2)16-9-14(10)8-12(15)13-6-4-3-5-7-13/h3-9H2,1-2H3. The zero-order valence-electron chi connectivity index (χ0n) is 10.2. The second-order valence-electron chi connectivity index (χ2n) is 4.55. The molecule has 0 aromatic heterocycles. The molecule has 2 rings (SSSR count). The molecule has 3 nitrogen and oxygen atoms in total. The van der Waals surface area contributed by atoms with Gasteiger partial charge in [0.15, 0.2) is 0 Å². The number of amides is 1. The molecule has 0 N–H and O–H groups in total. The van der Waals surface area contributed by atoms with Crippen molar-refractivity contribution in [3.05, 3.63) is 10.6 Å². The van der Waals surface area contributed by atoms with Gasteiger partial charge < -0.3 is 9.80 Å². The van der Waals surface area contributed by atoms with Crippen LogP contribution in [0.25, 0.3) is 0 Å². The summed E-state index contributed by atoms with van der Waals surface area (Å²) in [6, 6.07) is 0. The summed E-state index contributed by atoms with van der Waals surface area (Å²) in [4.78, 5) is 17.6. The number of nitrogens with zero attached hydrogens (tertiary/aromatic N) is 2. The molecular weight excluding hydrogens is 220 g/mol. The average Bonchev–Trinajstić information content (AvgIpc) is 2.62. The molecule has 0 atom stereocenters. The predicted molar refractivity (Wildman–Crippen MR) is 68.0 cm³/mol. The van der Waals surface area contributed by atoms with Gasteiger partial charge in [-0.25, -0.2) is 0 Å². The molecule has 0 unspecified atom stereocenters. The van der Waals surface area contributed by atoms with Gasteiger partial charge in [-0.1, -0.05) is 0 Å². The van der Waals surface area contributed by atoms with Gasteiger partial charge in [-0.2, -0.15) is 0 Å². The molecule has 4 heteroatoms. The number of hydrogen-bond acceptors (Lipinski definition) is 3. The Labute approximate surface area is 102 Å². The lowest BCUT2D eigenvalue weighted by Gasteiger charge is -2.29. The maximum absolute atomic E-state index is 12.1. The zero-order chi connectivity index (χ0) is 11.5. The minimum absolute atomic E-state index is 0.300. The molecule has 2 aliphatic heterocycles. The maximum atomic E-state index is 12.1. The Bertz CT molecular complexity index is 308. The number of likely N-dealkylation sites (tertiary alicyclic amines) is 1. The molecule has 1 fully saturated rings. The number of allylic oxidation sites excluding steroid dienone is 2. The highest BCUT2D eigenvalue weighted by Crippen LogP contribution is 2.30. The zero-order valence-corrected chi connectivity index (χ0v) is 11.0. The van der Waals surface area contributed by atoms with E-state index in [0.29, 0.717) is 12.5 Å². The lowest BCUT2D eigenvalue weighted by Crippen LogP contribution is -2.41. The van der Waals surface area contributed by atoms with E-state index in [1.807, 2.05) is 16.7 Å². The van der Waals surface area contributed by atoms with Gasteiger partial charge in [-0.3, -0.25) is 4.79 Å². The van der Waals surface area contributed by atoms with Crippen LogP contribution in [0.3, 0.4) is 0 Å². The minimum atomic E-state index is 0.300. The number of carbonyl (C=O) groups excluding carboxylic acids is 1. The van der Waals surface area contributed by atoms with Crippen LogP contribution in [0, 0.1) is 0 Å². The highest BCUT2D eigenvalue weighted by Gasteiger charge is 2.23. The summed E-state index contributed by atoms with van der Waals surface area (Å²) < 4.78 is 0. The van der Waals surface area contributed by atoms with Crippen LogP contribution in [0.5, 0.6) is 0 Å². The van der Waals surface area contributed by atoms with E-state index in [1.165, 1.54) is 29.9 Å². The lowest BCUT2D eigenvalue weighted by molar-refractivity contribution is -0.132. The van der Waals surface area contributed by atoms with Crippen LogP contribution in [-0.2, 0) is 4.79 Å². The predicted octanol–water partition coefficient (Wildman–Crippen LogP) is 2.26. The number of rotatable bonds is 2. The summed E-state index contributed by atoms with van der Waals surface area (Å²) in [7, 11) is 0.